The zero-order valence-corrected chi connectivity index (χ0v) is 17.2. The van der Waals surface area contributed by atoms with E-state index in [1.807, 2.05) is 24.3 Å². The fraction of sp³-hybridized carbons (Fsp3) is 0.200. The van der Waals surface area contributed by atoms with Crippen molar-refractivity contribution in [1.29, 1.82) is 0 Å². The summed E-state index contributed by atoms with van der Waals surface area (Å²) in [5.74, 6) is 0.535. The number of nitrogens with one attached hydrogen (secondary N) is 3. The Morgan fingerprint density at radius 1 is 1.17 bits per heavy atom. The highest BCUT2D eigenvalue weighted by molar-refractivity contribution is 7.99. The van der Waals surface area contributed by atoms with Crippen LogP contribution in [0.4, 0.5) is 11.6 Å². The van der Waals surface area contributed by atoms with Gasteiger partial charge in [-0.15, -0.1) is 5.10 Å². The molecule has 0 bridgehead atoms. The second-order valence-corrected chi connectivity index (χ2v) is 7.18. The van der Waals surface area contributed by atoms with E-state index in [1.165, 1.54) is 0 Å². The number of nitrogen functional groups attached to an aromatic ring is 1. The van der Waals surface area contributed by atoms with Crippen LogP contribution in [0.1, 0.15) is 15.9 Å². The molecule has 2 aromatic carbocycles. The lowest BCUT2D eigenvalue weighted by molar-refractivity contribution is -0.113. The van der Waals surface area contributed by atoms with Crippen LogP contribution in [0.15, 0.2) is 53.7 Å². The number of aromatic nitrogens is 3. The fourth-order valence-electron chi connectivity index (χ4n) is 2.64. The van der Waals surface area contributed by atoms with Gasteiger partial charge in [0.15, 0.2) is 0 Å². The van der Waals surface area contributed by atoms with Gasteiger partial charge in [-0.1, -0.05) is 36.0 Å². The first kappa shape index (κ1) is 21.2. The minimum absolute atomic E-state index is 0.0880. The third-order valence-corrected chi connectivity index (χ3v) is 4.97. The molecule has 156 valence electrons. The van der Waals surface area contributed by atoms with Gasteiger partial charge >= 0.3 is 0 Å². The molecule has 9 nitrogen and oxygen atoms in total. The maximum atomic E-state index is 12.6. The molecule has 0 aliphatic rings. The van der Waals surface area contributed by atoms with Crippen molar-refractivity contribution in [2.24, 2.45) is 0 Å². The summed E-state index contributed by atoms with van der Waals surface area (Å²) in [6.07, 6.45) is 0.681. The summed E-state index contributed by atoms with van der Waals surface area (Å²) in [6.45, 7) is 0.468. The Morgan fingerprint density at radius 2 is 1.93 bits per heavy atom. The van der Waals surface area contributed by atoms with Crippen LogP contribution in [0.3, 0.4) is 0 Å². The number of ether oxygens (including phenoxy) is 1. The van der Waals surface area contributed by atoms with Gasteiger partial charge in [0.2, 0.25) is 17.0 Å². The molecule has 1 heterocycles. The van der Waals surface area contributed by atoms with E-state index in [2.05, 4.69) is 25.8 Å². The van der Waals surface area contributed by atoms with Gasteiger partial charge in [0.05, 0.1) is 24.1 Å². The summed E-state index contributed by atoms with van der Waals surface area (Å²) in [7, 11) is 1.62. The summed E-state index contributed by atoms with van der Waals surface area (Å²) < 4.78 is 5.14. The smallest absolute Gasteiger partial charge is 0.253 e. The lowest BCUT2D eigenvalue weighted by Gasteiger charge is -2.11. The Bertz CT molecular complexity index is 1010. The van der Waals surface area contributed by atoms with E-state index in [-0.39, 0.29) is 23.5 Å². The zero-order chi connectivity index (χ0) is 21.3. The Morgan fingerprint density at radius 3 is 2.63 bits per heavy atom. The van der Waals surface area contributed by atoms with E-state index in [0.29, 0.717) is 29.4 Å². The molecule has 0 spiro atoms. The van der Waals surface area contributed by atoms with Gasteiger partial charge in [0.1, 0.15) is 5.75 Å². The maximum absolute atomic E-state index is 12.6. The molecule has 3 rings (SSSR count). The number of carbonyl (C=O) groups excluding carboxylic acids is 2. The molecular weight excluding hydrogens is 404 g/mol. The van der Waals surface area contributed by atoms with Crippen molar-refractivity contribution < 1.29 is 14.3 Å². The molecule has 2 amide bonds. The minimum Gasteiger partial charge on any atom is -0.497 e. The van der Waals surface area contributed by atoms with E-state index in [9.17, 15) is 9.59 Å². The van der Waals surface area contributed by atoms with Crippen LogP contribution in [0.5, 0.6) is 5.75 Å². The quantitative estimate of drug-likeness (QED) is 0.385. The topological polar surface area (TPSA) is 135 Å². The van der Waals surface area contributed by atoms with Crippen molar-refractivity contribution in [2.75, 3.05) is 30.5 Å². The van der Waals surface area contributed by atoms with Gasteiger partial charge in [-0.2, -0.15) is 4.98 Å². The number of amides is 2. The Labute approximate surface area is 177 Å². The van der Waals surface area contributed by atoms with Crippen LogP contribution in [0, 0.1) is 0 Å². The summed E-state index contributed by atoms with van der Waals surface area (Å²) in [5.41, 5.74) is 7.38. The van der Waals surface area contributed by atoms with Crippen molar-refractivity contribution in [1.82, 2.24) is 20.5 Å². The van der Waals surface area contributed by atoms with E-state index < -0.39 is 0 Å². The van der Waals surface area contributed by atoms with Crippen LogP contribution < -0.4 is 21.1 Å². The number of H-pyrrole nitrogens is 1. The molecule has 0 saturated carbocycles. The predicted octanol–water partition coefficient (Wildman–Crippen LogP) is 2.10. The normalized spacial score (nSPS) is 10.4. The van der Waals surface area contributed by atoms with Gasteiger partial charge in [-0.05, 0) is 36.2 Å². The zero-order valence-electron chi connectivity index (χ0n) is 16.3. The van der Waals surface area contributed by atoms with Gasteiger partial charge in [-0.3, -0.25) is 9.59 Å². The first-order chi connectivity index (χ1) is 14.5. The number of methoxy groups -OCH3 is 1. The van der Waals surface area contributed by atoms with Crippen molar-refractivity contribution in [3.8, 4) is 5.75 Å². The van der Waals surface area contributed by atoms with Gasteiger partial charge in [-0.25, -0.2) is 5.10 Å². The average molecular weight is 427 g/mol. The molecule has 0 aliphatic heterocycles. The number of para-hydroxylation sites is 1. The van der Waals surface area contributed by atoms with E-state index in [1.54, 1.807) is 31.4 Å². The molecule has 0 saturated heterocycles. The first-order valence-electron chi connectivity index (χ1n) is 9.16. The number of benzene rings is 2. The highest BCUT2D eigenvalue weighted by atomic mass is 32.2. The summed E-state index contributed by atoms with van der Waals surface area (Å²) in [6, 6.07) is 14.5. The number of thioether (sulfide) groups is 1. The largest absolute Gasteiger partial charge is 0.497 e. The highest BCUT2D eigenvalue weighted by Gasteiger charge is 2.14. The summed E-state index contributed by atoms with van der Waals surface area (Å²) in [5, 5.41) is 12.4. The van der Waals surface area contributed by atoms with Gasteiger partial charge in [0, 0.05) is 6.54 Å². The minimum atomic E-state index is -0.276. The highest BCUT2D eigenvalue weighted by Crippen LogP contribution is 2.18. The fourth-order valence-corrected chi connectivity index (χ4v) is 3.24. The van der Waals surface area contributed by atoms with E-state index in [0.717, 1.165) is 23.1 Å². The molecule has 30 heavy (non-hydrogen) atoms. The van der Waals surface area contributed by atoms with Crippen LogP contribution in [0.2, 0.25) is 0 Å². The number of nitrogens with two attached hydrogens (primary N) is 1. The molecule has 0 unspecified atom stereocenters. The van der Waals surface area contributed by atoms with Crippen molar-refractivity contribution in [3.63, 3.8) is 0 Å². The third-order valence-electron chi connectivity index (χ3n) is 4.12. The molecule has 5 N–H and O–H groups in total. The van der Waals surface area contributed by atoms with Gasteiger partial charge in [0.25, 0.3) is 5.91 Å². The third kappa shape index (κ3) is 5.98. The predicted molar refractivity (Wildman–Crippen MR) is 116 cm³/mol. The number of hydrogen-bond acceptors (Lipinski definition) is 7. The van der Waals surface area contributed by atoms with Crippen LogP contribution >= 0.6 is 11.8 Å². The number of hydrogen-bond donors (Lipinski definition) is 4. The van der Waals surface area contributed by atoms with Crippen LogP contribution in [-0.2, 0) is 11.2 Å². The number of rotatable bonds is 9. The Kier molecular flexibility index (Phi) is 7.28. The van der Waals surface area contributed by atoms with Crippen LogP contribution in [-0.4, -0.2) is 46.4 Å². The number of aromatic amines is 1. The molecule has 0 atom stereocenters. The second-order valence-electron chi connectivity index (χ2n) is 6.24. The SMILES string of the molecule is COc1ccc(CCNC(=O)c2ccccc2NC(=O)CSc2n[nH]c(N)n2)cc1. The average Bonchev–Trinajstić information content (AvgIpc) is 3.18. The molecule has 0 aliphatic carbocycles. The lowest BCUT2D eigenvalue weighted by Crippen LogP contribution is -2.27. The number of anilines is 2. The van der Waals surface area contributed by atoms with E-state index in [4.69, 9.17) is 10.5 Å². The standard InChI is InChI=1S/C20H22N6O3S/c1-29-14-8-6-13(7-9-14)10-11-22-18(28)15-4-2-3-5-16(15)23-17(27)12-30-20-24-19(21)25-26-20/h2-9H,10-12H2,1H3,(H,22,28)(H,23,27)(H3,21,24,25,26). The second kappa shape index (κ2) is 10.3. The molecule has 0 fully saturated rings. The van der Waals surface area contributed by atoms with Crippen molar-refractivity contribution in [3.05, 3.63) is 59.7 Å². The lowest BCUT2D eigenvalue weighted by atomic mass is 10.1. The molecule has 0 radical (unpaired) electrons. The summed E-state index contributed by atoms with van der Waals surface area (Å²) >= 11 is 1.14. The van der Waals surface area contributed by atoms with Crippen molar-refractivity contribution >= 4 is 35.2 Å². The van der Waals surface area contributed by atoms with Gasteiger partial charge < -0.3 is 21.1 Å². The first-order valence-corrected chi connectivity index (χ1v) is 10.1. The van der Waals surface area contributed by atoms with E-state index >= 15 is 0 Å². The Balaban J connectivity index is 1.52. The molecular formula is C20H22N6O3S. The molecule has 1 aromatic heterocycles. The Hall–Kier alpha value is -3.53. The summed E-state index contributed by atoms with van der Waals surface area (Å²) in [4.78, 5) is 28.8. The molecule has 10 heteroatoms. The maximum Gasteiger partial charge on any atom is 0.253 e. The monoisotopic (exact) mass is 426 g/mol. The van der Waals surface area contributed by atoms with Crippen molar-refractivity contribution in [2.45, 2.75) is 11.6 Å². The molecule has 3 aromatic rings. The number of carbonyl (C=O) groups is 2. The number of nitrogens with zero attached hydrogens (tertiary/aromatic N) is 2. The van der Waals surface area contributed by atoms with Crippen LogP contribution in [0.25, 0.3) is 0 Å².